The van der Waals surface area contributed by atoms with Crippen LogP contribution >= 0.6 is 0 Å². The summed E-state index contributed by atoms with van der Waals surface area (Å²) in [6.45, 7) is 1.56. The van der Waals surface area contributed by atoms with E-state index in [4.69, 9.17) is 9.84 Å². The summed E-state index contributed by atoms with van der Waals surface area (Å²) in [6, 6.07) is -0.412. The first-order valence-electron chi connectivity index (χ1n) is 7.04. The van der Waals surface area contributed by atoms with Crippen LogP contribution in [0.15, 0.2) is 0 Å². The topological polar surface area (TPSA) is 78.9 Å². The largest absolute Gasteiger partial charge is 0.449 e. The Hall–Kier alpha value is -1.30. The molecule has 0 aromatic heterocycles. The normalized spacial score (nSPS) is 22.4. The number of carbonyl (C=O) groups excluding carboxylic acids is 2. The summed E-state index contributed by atoms with van der Waals surface area (Å²) in [4.78, 5) is 25.4. The van der Waals surface area contributed by atoms with E-state index in [9.17, 15) is 9.59 Å². The van der Waals surface area contributed by atoms with E-state index in [-0.39, 0.29) is 18.6 Å². The van der Waals surface area contributed by atoms with E-state index in [0.29, 0.717) is 38.5 Å². The number of aliphatic hydroxyl groups excluding tert-OH is 1. The van der Waals surface area contributed by atoms with Crippen molar-refractivity contribution in [3.8, 4) is 0 Å². The Kier molecular flexibility index (Phi) is 5.01. The van der Waals surface area contributed by atoms with Gasteiger partial charge in [-0.15, -0.1) is 0 Å². The molecule has 1 atom stereocenters. The van der Waals surface area contributed by atoms with Crippen molar-refractivity contribution in [3.05, 3.63) is 0 Å². The van der Waals surface area contributed by atoms with Crippen LogP contribution in [0.2, 0.25) is 0 Å². The Balaban J connectivity index is 1.77. The Labute approximate surface area is 113 Å². The number of amides is 2. The fourth-order valence-electron chi connectivity index (χ4n) is 2.22. The van der Waals surface area contributed by atoms with Gasteiger partial charge in [0.25, 0.3) is 0 Å². The Bertz CT molecular complexity index is 331. The lowest BCUT2D eigenvalue weighted by molar-refractivity contribution is -0.125. The number of rotatable bonds is 6. The third-order valence-electron chi connectivity index (χ3n) is 3.56. The molecule has 2 rings (SSSR count). The predicted molar refractivity (Wildman–Crippen MR) is 68.5 cm³/mol. The number of hydrogen-bond acceptors (Lipinski definition) is 4. The van der Waals surface area contributed by atoms with Crippen LogP contribution in [0.5, 0.6) is 0 Å². The minimum Gasteiger partial charge on any atom is -0.449 e. The summed E-state index contributed by atoms with van der Waals surface area (Å²) in [5.41, 5.74) is 0. The highest BCUT2D eigenvalue weighted by atomic mass is 16.6. The number of aliphatic hydroxyl groups is 1. The van der Waals surface area contributed by atoms with Gasteiger partial charge < -0.3 is 15.2 Å². The molecule has 2 aliphatic rings. The molecule has 1 heterocycles. The molecule has 1 saturated carbocycles. The van der Waals surface area contributed by atoms with E-state index < -0.39 is 6.04 Å². The van der Waals surface area contributed by atoms with Crippen LogP contribution in [-0.2, 0) is 9.53 Å². The standard InChI is InChI=1S/C13H22N2O4/c16-8-2-6-14-12(17)11-3-1-7-15(11)13(18)19-9-10-4-5-10/h10-11,16H,1-9H2,(H,14,17)/t11-/m0/s1. The molecule has 0 unspecified atom stereocenters. The molecule has 2 amide bonds. The zero-order chi connectivity index (χ0) is 13.7. The highest BCUT2D eigenvalue weighted by molar-refractivity contribution is 5.86. The second kappa shape index (κ2) is 6.75. The second-order valence-corrected chi connectivity index (χ2v) is 5.24. The Morgan fingerprint density at radius 2 is 2.11 bits per heavy atom. The van der Waals surface area contributed by atoms with E-state index in [1.807, 2.05) is 0 Å². The molecule has 1 aliphatic carbocycles. The lowest BCUT2D eigenvalue weighted by atomic mass is 10.2. The van der Waals surface area contributed by atoms with Gasteiger partial charge in [-0.3, -0.25) is 9.69 Å². The zero-order valence-corrected chi connectivity index (χ0v) is 11.1. The second-order valence-electron chi connectivity index (χ2n) is 5.24. The first-order chi connectivity index (χ1) is 9.22. The SMILES string of the molecule is O=C(NCCCO)[C@@H]1CCCN1C(=O)OCC1CC1. The van der Waals surface area contributed by atoms with E-state index >= 15 is 0 Å². The number of nitrogens with zero attached hydrogens (tertiary/aromatic N) is 1. The molecule has 0 aromatic carbocycles. The summed E-state index contributed by atoms with van der Waals surface area (Å²) in [7, 11) is 0. The van der Waals surface area contributed by atoms with Crippen LogP contribution in [0.1, 0.15) is 32.1 Å². The molecule has 2 fully saturated rings. The van der Waals surface area contributed by atoms with Gasteiger partial charge in [-0.05, 0) is 38.0 Å². The van der Waals surface area contributed by atoms with E-state index in [1.165, 1.54) is 4.90 Å². The molecule has 108 valence electrons. The zero-order valence-electron chi connectivity index (χ0n) is 11.1. The monoisotopic (exact) mass is 270 g/mol. The number of ether oxygens (including phenoxy) is 1. The van der Waals surface area contributed by atoms with Gasteiger partial charge in [0.2, 0.25) is 5.91 Å². The maximum Gasteiger partial charge on any atom is 0.410 e. The lowest BCUT2D eigenvalue weighted by Crippen LogP contribution is -2.46. The molecule has 6 heteroatoms. The maximum absolute atomic E-state index is 11.9. The highest BCUT2D eigenvalue weighted by Gasteiger charge is 2.35. The van der Waals surface area contributed by atoms with Crippen LogP contribution in [0.3, 0.4) is 0 Å². The van der Waals surface area contributed by atoms with Crippen molar-refractivity contribution in [1.82, 2.24) is 10.2 Å². The summed E-state index contributed by atoms with van der Waals surface area (Å²) < 4.78 is 5.22. The molecule has 0 aromatic rings. The summed E-state index contributed by atoms with van der Waals surface area (Å²) >= 11 is 0. The van der Waals surface area contributed by atoms with E-state index in [1.54, 1.807) is 0 Å². The Morgan fingerprint density at radius 3 is 2.79 bits per heavy atom. The Morgan fingerprint density at radius 1 is 1.32 bits per heavy atom. The van der Waals surface area contributed by atoms with Crippen molar-refractivity contribution in [2.24, 2.45) is 5.92 Å². The predicted octanol–water partition coefficient (Wildman–Crippen LogP) is 0.496. The van der Waals surface area contributed by atoms with Crippen molar-refractivity contribution in [3.63, 3.8) is 0 Å². The summed E-state index contributed by atoms with van der Waals surface area (Å²) in [5, 5.41) is 11.4. The van der Waals surface area contributed by atoms with Gasteiger partial charge in [-0.2, -0.15) is 0 Å². The molecular weight excluding hydrogens is 248 g/mol. The van der Waals surface area contributed by atoms with Crippen LogP contribution in [-0.4, -0.2) is 54.4 Å². The third-order valence-corrected chi connectivity index (χ3v) is 3.56. The maximum atomic E-state index is 11.9. The highest BCUT2D eigenvalue weighted by Crippen LogP contribution is 2.29. The van der Waals surface area contributed by atoms with Gasteiger partial charge in [0.15, 0.2) is 0 Å². The number of hydrogen-bond donors (Lipinski definition) is 2. The number of nitrogens with one attached hydrogen (secondary N) is 1. The average Bonchev–Trinajstić information content (AvgIpc) is 3.10. The van der Waals surface area contributed by atoms with Crippen molar-refractivity contribution >= 4 is 12.0 Å². The average molecular weight is 270 g/mol. The molecule has 0 spiro atoms. The van der Waals surface area contributed by atoms with Gasteiger partial charge in [0, 0.05) is 19.7 Å². The van der Waals surface area contributed by atoms with Crippen molar-refractivity contribution in [1.29, 1.82) is 0 Å². The minimum atomic E-state index is -0.412. The van der Waals surface area contributed by atoms with Gasteiger partial charge in [0.05, 0.1) is 6.61 Å². The van der Waals surface area contributed by atoms with Gasteiger partial charge in [-0.25, -0.2) is 4.79 Å². The van der Waals surface area contributed by atoms with E-state index in [2.05, 4.69) is 5.32 Å². The van der Waals surface area contributed by atoms with Crippen molar-refractivity contribution in [2.75, 3.05) is 26.3 Å². The number of carbonyl (C=O) groups is 2. The van der Waals surface area contributed by atoms with Crippen molar-refractivity contribution in [2.45, 2.75) is 38.1 Å². The smallest absolute Gasteiger partial charge is 0.410 e. The molecule has 2 N–H and O–H groups in total. The van der Waals surface area contributed by atoms with Crippen molar-refractivity contribution < 1.29 is 19.4 Å². The first kappa shape index (κ1) is 14.1. The van der Waals surface area contributed by atoms with Gasteiger partial charge in [0.1, 0.15) is 6.04 Å². The molecule has 1 aliphatic heterocycles. The molecule has 19 heavy (non-hydrogen) atoms. The molecule has 1 saturated heterocycles. The number of likely N-dealkylation sites (tertiary alicyclic amines) is 1. The fourth-order valence-corrected chi connectivity index (χ4v) is 2.22. The third kappa shape index (κ3) is 4.09. The molecule has 0 radical (unpaired) electrons. The summed E-state index contributed by atoms with van der Waals surface area (Å²) in [5.74, 6) is 0.387. The molecule has 6 nitrogen and oxygen atoms in total. The van der Waals surface area contributed by atoms with Crippen LogP contribution in [0.4, 0.5) is 4.79 Å². The molecule has 0 bridgehead atoms. The summed E-state index contributed by atoms with van der Waals surface area (Å²) in [6.07, 6.45) is 3.95. The van der Waals surface area contributed by atoms with Crippen LogP contribution in [0.25, 0.3) is 0 Å². The fraction of sp³-hybridized carbons (Fsp3) is 0.846. The van der Waals surface area contributed by atoms with Gasteiger partial charge in [-0.1, -0.05) is 0 Å². The van der Waals surface area contributed by atoms with Crippen LogP contribution in [0, 0.1) is 5.92 Å². The quantitative estimate of drug-likeness (QED) is 0.689. The van der Waals surface area contributed by atoms with Gasteiger partial charge >= 0.3 is 6.09 Å². The minimum absolute atomic E-state index is 0.0537. The molecular formula is C13H22N2O4. The van der Waals surface area contributed by atoms with E-state index in [0.717, 1.165) is 19.3 Å². The lowest BCUT2D eigenvalue weighted by Gasteiger charge is -2.23. The first-order valence-corrected chi connectivity index (χ1v) is 7.04. The van der Waals surface area contributed by atoms with Crippen LogP contribution < -0.4 is 5.32 Å².